The topological polar surface area (TPSA) is 55.8 Å². The molecule has 0 saturated carbocycles. The fourth-order valence-electron chi connectivity index (χ4n) is 3.05. The molecule has 0 aliphatic heterocycles. The number of hydrogen-bond acceptors (Lipinski definition) is 4. The van der Waals surface area contributed by atoms with Crippen LogP contribution in [0.2, 0.25) is 0 Å². The van der Waals surface area contributed by atoms with Crippen molar-refractivity contribution in [2.45, 2.75) is 12.8 Å². The van der Waals surface area contributed by atoms with Gasteiger partial charge in [0.25, 0.3) is 0 Å². The molecule has 0 spiro atoms. The van der Waals surface area contributed by atoms with Crippen molar-refractivity contribution in [1.82, 2.24) is 4.90 Å². The maximum Gasteiger partial charge on any atom is 0.310 e. The van der Waals surface area contributed by atoms with Gasteiger partial charge in [0.05, 0.1) is 25.6 Å². The summed E-state index contributed by atoms with van der Waals surface area (Å²) in [4.78, 5) is 27.1. The Labute approximate surface area is 160 Å². The van der Waals surface area contributed by atoms with Gasteiger partial charge in [-0.25, -0.2) is 0 Å². The Balaban J connectivity index is 2.35. The van der Waals surface area contributed by atoms with Gasteiger partial charge in [-0.1, -0.05) is 67.6 Å². The molecule has 5 heteroatoms. The van der Waals surface area contributed by atoms with Crippen LogP contribution in [0, 0.1) is 5.92 Å². The van der Waals surface area contributed by atoms with Crippen molar-refractivity contribution in [3.05, 3.63) is 71.8 Å². The van der Waals surface area contributed by atoms with Crippen molar-refractivity contribution in [3.63, 3.8) is 0 Å². The van der Waals surface area contributed by atoms with Gasteiger partial charge in [-0.05, 0) is 11.1 Å². The zero-order valence-corrected chi connectivity index (χ0v) is 16.1. The summed E-state index contributed by atoms with van der Waals surface area (Å²) in [7, 11) is 2.95. The van der Waals surface area contributed by atoms with E-state index in [9.17, 15) is 9.59 Å². The zero-order valence-electron chi connectivity index (χ0n) is 16.1. The second-order valence-electron chi connectivity index (χ2n) is 6.46. The second kappa shape index (κ2) is 10.5. The second-order valence-corrected chi connectivity index (χ2v) is 6.46. The quantitative estimate of drug-likeness (QED) is 0.638. The molecule has 0 aromatic heterocycles. The largest absolute Gasteiger partial charge is 0.469 e. The van der Waals surface area contributed by atoms with Gasteiger partial charge in [0, 0.05) is 20.2 Å². The molecule has 1 unspecified atom stereocenters. The van der Waals surface area contributed by atoms with Crippen molar-refractivity contribution in [2.75, 3.05) is 33.9 Å². The van der Waals surface area contributed by atoms with Crippen LogP contribution in [0.25, 0.3) is 0 Å². The van der Waals surface area contributed by atoms with E-state index in [1.807, 2.05) is 60.7 Å². The van der Waals surface area contributed by atoms with Crippen LogP contribution >= 0.6 is 0 Å². The lowest BCUT2D eigenvalue weighted by molar-refractivity contribution is -0.146. The molecule has 2 aromatic carbocycles. The molecule has 5 nitrogen and oxygen atoms in total. The number of carbonyl (C=O) groups is 2. The van der Waals surface area contributed by atoms with E-state index in [-0.39, 0.29) is 18.4 Å². The molecule has 0 fully saturated rings. The van der Waals surface area contributed by atoms with Gasteiger partial charge in [-0.2, -0.15) is 0 Å². The Morgan fingerprint density at radius 3 is 1.89 bits per heavy atom. The highest BCUT2D eigenvalue weighted by Gasteiger charge is 2.29. The Bertz CT molecular complexity index is 678. The van der Waals surface area contributed by atoms with Crippen LogP contribution < -0.4 is 0 Å². The lowest BCUT2D eigenvalue weighted by atomic mass is 9.89. The van der Waals surface area contributed by atoms with Gasteiger partial charge in [0.15, 0.2) is 0 Å². The normalized spacial score (nSPS) is 11.9. The first kappa shape index (κ1) is 20.6. The van der Waals surface area contributed by atoms with E-state index in [1.54, 1.807) is 18.9 Å². The number of methoxy groups -OCH3 is 2. The monoisotopic (exact) mass is 369 g/mol. The van der Waals surface area contributed by atoms with E-state index in [4.69, 9.17) is 9.47 Å². The molecule has 0 bridgehead atoms. The minimum atomic E-state index is -0.436. The summed E-state index contributed by atoms with van der Waals surface area (Å²) >= 11 is 0. The van der Waals surface area contributed by atoms with Crippen molar-refractivity contribution in [2.24, 2.45) is 5.92 Å². The molecule has 1 atom stereocenters. The maximum atomic E-state index is 13.5. The van der Waals surface area contributed by atoms with Gasteiger partial charge < -0.3 is 14.4 Å². The summed E-state index contributed by atoms with van der Waals surface area (Å²) in [5.74, 6) is -1.24. The van der Waals surface area contributed by atoms with Crippen LogP contribution in [-0.4, -0.2) is 50.7 Å². The Morgan fingerprint density at radius 2 is 1.44 bits per heavy atom. The van der Waals surface area contributed by atoms with Crippen molar-refractivity contribution < 1.29 is 19.1 Å². The SMILES string of the molecule is COCCN(CC(C)C(=O)OC)C(=O)C(c1ccccc1)c1ccccc1. The molecule has 0 saturated heterocycles. The van der Waals surface area contributed by atoms with Gasteiger partial charge in [-0.3, -0.25) is 9.59 Å². The first-order chi connectivity index (χ1) is 13.1. The number of esters is 1. The minimum Gasteiger partial charge on any atom is -0.469 e. The first-order valence-corrected chi connectivity index (χ1v) is 9.04. The molecular formula is C22H27NO4. The van der Waals surface area contributed by atoms with Gasteiger partial charge in [-0.15, -0.1) is 0 Å². The molecule has 0 aliphatic rings. The van der Waals surface area contributed by atoms with Gasteiger partial charge >= 0.3 is 5.97 Å². The molecule has 0 radical (unpaired) electrons. The summed E-state index contributed by atoms with van der Waals surface area (Å²) in [6.07, 6.45) is 0. The zero-order chi connectivity index (χ0) is 19.6. The summed E-state index contributed by atoms with van der Waals surface area (Å²) in [5, 5.41) is 0. The van der Waals surface area contributed by atoms with E-state index < -0.39 is 11.8 Å². The van der Waals surface area contributed by atoms with Crippen molar-refractivity contribution in [1.29, 1.82) is 0 Å². The Hall–Kier alpha value is -2.66. The Kier molecular flexibility index (Phi) is 8.01. The average Bonchev–Trinajstić information content (AvgIpc) is 2.72. The number of hydrogen-bond donors (Lipinski definition) is 0. The third-order valence-corrected chi connectivity index (χ3v) is 4.49. The number of rotatable bonds is 9. The fraction of sp³-hybridized carbons (Fsp3) is 0.364. The Morgan fingerprint density at radius 1 is 0.926 bits per heavy atom. The van der Waals surface area contributed by atoms with E-state index in [1.165, 1.54) is 7.11 Å². The average molecular weight is 369 g/mol. The lowest BCUT2D eigenvalue weighted by Gasteiger charge is -2.29. The highest BCUT2D eigenvalue weighted by atomic mass is 16.5. The van der Waals surface area contributed by atoms with E-state index >= 15 is 0 Å². The van der Waals surface area contributed by atoms with Crippen LogP contribution in [-0.2, 0) is 19.1 Å². The van der Waals surface area contributed by atoms with E-state index in [2.05, 4.69) is 0 Å². The van der Waals surface area contributed by atoms with Crippen LogP contribution in [0.15, 0.2) is 60.7 Å². The van der Waals surface area contributed by atoms with Crippen molar-refractivity contribution >= 4 is 11.9 Å². The van der Waals surface area contributed by atoms with Crippen LogP contribution in [0.1, 0.15) is 24.0 Å². The maximum absolute atomic E-state index is 13.5. The third kappa shape index (κ3) is 5.66. The predicted octanol–water partition coefficient (Wildman–Crippen LogP) is 3.10. The number of ether oxygens (including phenoxy) is 2. The van der Waals surface area contributed by atoms with Crippen LogP contribution in [0.3, 0.4) is 0 Å². The predicted molar refractivity (Wildman–Crippen MR) is 104 cm³/mol. The van der Waals surface area contributed by atoms with E-state index in [0.29, 0.717) is 13.2 Å². The molecule has 0 heterocycles. The molecule has 0 N–H and O–H groups in total. The molecule has 1 amide bonds. The van der Waals surface area contributed by atoms with Crippen LogP contribution in [0.4, 0.5) is 0 Å². The highest BCUT2D eigenvalue weighted by Crippen LogP contribution is 2.27. The standard InChI is InChI=1S/C22H27NO4/c1-17(22(25)27-3)16-23(14-15-26-2)21(24)20(18-10-6-4-7-11-18)19-12-8-5-9-13-19/h4-13,17,20H,14-16H2,1-3H3. The summed E-state index contributed by atoms with van der Waals surface area (Å²) in [6.45, 7) is 2.85. The number of carbonyl (C=O) groups excluding carboxylic acids is 2. The molecule has 144 valence electrons. The van der Waals surface area contributed by atoms with Gasteiger partial charge in [0.2, 0.25) is 5.91 Å². The molecule has 0 aliphatic carbocycles. The first-order valence-electron chi connectivity index (χ1n) is 9.04. The summed E-state index contributed by atoms with van der Waals surface area (Å²) < 4.78 is 9.99. The smallest absolute Gasteiger partial charge is 0.310 e. The third-order valence-electron chi connectivity index (χ3n) is 4.49. The highest BCUT2D eigenvalue weighted by molar-refractivity contribution is 5.87. The summed E-state index contributed by atoms with van der Waals surface area (Å²) in [5.41, 5.74) is 1.84. The molecular weight excluding hydrogens is 342 g/mol. The van der Waals surface area contributed by atoms with Gasteiger partial charge in [0.1, 0.15) is 0 Å². The lowest BCUT2D eigenvalue weighted by Crippen LogP contribution is -2.42. The number of benzene rings is 2. The number of nitrogens with zero attached hydrogens (tertiary/aromatic N) is 1. The minimum absolute atomic E-state index is 0.0554. The van der Waals surface area contributed by atoms with E-state index in [0.717, 1.165) is 11.1 Å². The number of amides is 1. The molecule has 2 aromatic rings. The fourth-order valence-corrected chi connectivity index (χ4v) is 3.05. The molecule has 27 heavy (non-hydrogen) atoms. The molecule has 2 rings (SSSR count). The van der Waals surface area contributed by atoms with Crippen molar-refractivity contribution in [3.8, 4) is 0 Å². The summed E-state index contributed by atoms with van der Waals surface area (Å²) in [6, 6.07) is 19.4. The van der Waals surface area contributed by atoms with Crippen LogP contribution in [0.5, 0.6) is 0 Å².